The molecule has 2 rings (SSSR count). The Hall–Kier alpha value is -1.99. The molecule has 1 N–H and O–H groups in total. The second-order valence-electron chi connectivity index (χ2n) is 4.92. The molecule has 4 nitrogen and oxygen atoms in total. The van der Waals surface area contributed by atoms with Gasteiger partial charge in [0.2, 0.25) is 10.0 Å². The van der Waals surface area contributed by atoms with Gasteiger partial charge in [-0.15, -0.1) is 0 Å². The number of hydrogen-bond donors (Lipinski definition) is 1. The van der Waals surface area contributed by atoms with E-state index in [-0.39, 0.29) is 18.0 Å². The predicted octanol–water partition coefficient (Wildman–Crippen LogP) is 2.95. The predicted molar refractivity (Wildman–Crippen MR) is 83.8 cm³/mol. The zero-order chi connectivity index (χ0) is 16.7. The van der Waals surface area contributed by atoms with E-state index in [1.165, 1.54) is 6.07 Å². The van der Waals surface area contributed by atoms with E-state index < -0.39 is 23.1 Å². The third kappa shape index (κ3) is 6.33. The van der Waals surface area contributed by atoms with Crippen LogP contribution in [0, 0.1) is 0 Å². The molecular weight excluding hydrogens is 324 g/mol. The van der Waals surface area contributed by atoms with E-state index in [0.717, 1.165) is 0 Å². The van der Waals surface area contributed by atoms with Crippen molar-refractivity contribution in [1.29, 1.82) is 0 Å². The van der Waals surface area contributed by atoms with Gasteiger partial charge >= 0.3 is 0 Å². The van der Waals surface area contributed by atoms with Crippen molar-refractivity contribution >= 4 is 10.0 Å². The largest absolute Gasteiger partial charge is 0.488 e. The molecule has 0 saturated heterocycles. The molecule has 0 saturated carbocycles. The van der Waals surface area contributed by atoms with E-state index in [9.17, 15) is 17.2 Å². The van der Waals surface area contributed by atoms with Crippen LogP contribution in [0.5, 0.6) is 5.75 Å². The van der Waals surface area contributed by atoms with Crippen molar-refractivity contribution in [2.24, 2.45) is 0 Å². The van der Waals surface area contributed by atoms with Crippen LogP contribution < -0.4 is 9.46 Å². The molecule has 7 heteroatoms. The molecule has 0 radical (unpaired) electrons. The van der Waals surface area contributed by atoms with Gasteiger partial charge in [-0.1, -0.05) is 42.5 Å². The summed E-state index contributed by atoms with van der Waals surface area (Å²) in [5.74, 6) is 0.167. The highest BCUT2D eigenvalue weighted by molar-refractivity contribution is 7.88. The monoisotopic (exact) mass is 341 g/mol. The molecule has 0 aliphatic heterocycles. The van der Waals surface area contributed by atoms with Crippen LogP contribution in [0.25, 0.3) is 0 Å². The number of nitrogens with one attached hydrogen (secondary N) is 1. The summed E-state index contributed by atoms with van der Waals surface area (Å²) in [7, 11) is -3.48. The lowest BCUT2D eigenvalue weighted by molar-refractivity contribution is 0.0818. The molecule has 124 valence electrons. The Morgan fingerprint density at radius 2 is 1.70 bits per heavy atom. The first-order valence-electron chi connectivity index (χ1n) is 6.96. The number of benzene rings is 2. The van der Waals surface area contributed by atoms with E-state index in [2.05, 4.69) is 4.72 Å². The Bertz CT molecular complexity index is 721. The normalized spacial score (nSPS) is 11.6. The van der Waals surface area contributed by atoms with Crippen molar-refractivity contribution in [2.45, 2.75) is 18.7 Å². The van der Waals surface area contributed by atoms with Gasteiger partial charge in [-0.05, 0) is 23.3 Å². The lowest BCUT2D eigenvalue weighted by Gasteiger charge is -2.09. The smallest absolute Gasteiger partial charge is 0.272 e. The van der Waals surface area contributed by atoms with E-state index in [4.69, 9.17) is 4.74 Å². The van der Waals surface area contributed by atoms with Gasteiger partial charge in [0, 0.05) is 6.54 Å². The van der Waals surface area contributed by atoms with Crippen LogP contribution in [-0.4, -0.2) is 21.5 Å². The average molecular weight is 341 g/mol. The van der Waals surface area contributed by atoms with E-state index in [1.807, 2.05) is 6.07 Å². The summed E-state index contributed by atoms with van der Waals surface area (Å²) in [4.78, 5) is 0. The standard InChI is InChI=1S/C16H17F2NO3S/c17-16(18)11-22-15-8-4-7-14(9-15)10-19-23(20,21)12-13-5-2-1-3-6-13/h1-9,16,19H,10-12H2. The number of sulfonamides is 1. The maximum absolute atomic E-state index is 12.1. The molecule has 0 aliphatic rings. The van der Waals surface area contributed by atoms with Crippen LogP contribution in [0.2, 0.25) is 0 Å². The zero-order valence-corrected chi connectivity index (χ0v) is 13.1. The Balaban J connectivity index is 1.93. The molecule has 0 spiro atoms. The summed E-state index contributed by atoms with van der Waals surface area (Å²) in [5, 5.41) is 0. The Kier molecular flexibility index (Phi) is 6.06. The van der Waals surface area contributed by atoms with Gasteiger partial charge in [-0.2, -0.15) is 0 Å². The molecule has 0 fully saturated rings. The molecular formula is C16H17F2NO3S. The molecule has 0 aliphatic carbocycles. The van der Waals surface area contributed by atoms with Crippen LogP contribution in [0.15, 0.2) is 54.6 Å². The van der Waals surface area contributed by atoms with Gasteiger partial charge in [-0.3, -0.25) is 0 Å². The van der Waals surface area contributed by atoms with Crippen LogP contribution >= 0.6 is 0 Å². The van der Waals surface area contributed by atoms with E-state index in [1.54, 1.807) is 42.5 Å². The fourth-order valence-electron chi connectivity index (χ4n) is 1.94. The highest BCUT2D eigenvalue weighted by Gasteiger charge is 2.11. The Morgan fingerprint density at radius 1 is 1.00 bits per heavy atom. The van der Waals surface area contributed by atoms with Crippen molar-refractivity contribution in [3.05, 3.63) is 65.7 Å². The van der Waals surface area contributed by atoms with Crippen molar-refractivity contribution in [3.8, 4) is 5.75 Å². The highest BCUT2D eigenvalue weighted by Crippen LogP contribution is 2.14. The first-order valence-corrected chi connectivity index (χ1v) is 8.61. The topological polar surface area (TPSA) is 55.4 Å². The minimum Gasteiger partial charge on any atom is -0.488 e. The molecule has 0 unspecified atom stereocenters. The highest BCUT2D eigenvalue weighted by atomic mass is 32.2. The first kappa shape index (κ1) is 17.4. The van der Waals surface area contributed by atoms with Crippen LogP contribution in [0.3, 0.4) is 0 Å². The Morgan fingerprint density at radius 3 is 2.39 bits per heavy atom. The van der Waals surface area contributed by atoms with Crippen LogP contribution in [0.1, 0.15) is 11.1 Å². The van der Waals surface area contributed by atoms with Gasteiger partial charge in [-0.25, -0.2) is 21.9 Å². The van der Waals surface area contributed by atoms with Crippen LogP contribution in [0.4, 0.5) is 8.78 Å². The zero-order valence-electron chi connectivity index (χ0n) is 12.3. The van der Waals surface area contributed by atoms with Crippen molar-refractivity contribution < 1.29 is 21.9 Å². The minimum atomic E-state index is -3.48. The SMILES string of the molecule is O=S(=O)(Cc1ccccc1)NCc1cccc(OCC(F)F)c1. The lowest BCUT2D eigenvalue weighted by atomic mass is 10.2. The molecule has 2 aromatic carbocycles. The van der Waals surface area contributed by atoms with E-state index in [0.29, 0.717) is 11.1 Å². The van der Waals surface area contributed by atoms with Gasteiger partial charge in [0.25, 0.3) is 6.43 Å². The summed E-state index contributed by atoms with van der Waals surface area (Å²) < 4.78 is 55.7. The van der Waals surface area contributed by atoms with Crippen molar-refractivity contribution in [2.75, 3.05) is 6.61 Å². The van der Waals surface area contributed by atoms with Gasteiger partial charge in [0.15, 0.2) is 0 Å². The van der Waals surface area contributed by atoms with Gasteiger partial charge < -0.3 is 4.74 Å². The number of rotatable bonds is 8. The summed E-state index contributed by atoms with van der Waals surface area (Å²) in [6, 6.07) is 15.2. The number of alkyl halides is 2. The maximum atomic E-state index is 12.1. The average Bonchev–Trinajstić information content (AvgIpc) is 2.52. The summed E-state index contributed by atoms with van der Waals surface area (Å²) in [6.07, 6.45) is -2.55. The van der Waals surface area contributed by atoms with Crippen molar-refractivity contribution in [1.82, 2.24) is 4.72 Å². The molecule has 0 amide bonds. The molecule has 0 heterocycles. The summed E-state index contributed by atoms with van der Waals surface area (Å²) in [6.45, 7) is -0.621. The lowest BCUT2D eigenvalue weighted by Crippen LogP contribution is -2.24. The number of halogens is 2. The van der Waals surface area contributed by atoms with Gasteiger partial charge in [0.05, 0.1) is 5.75 Å². The molecule has 2 aromatic rings. The molecule has 0 bridgehead atoms. The van der Waals surface area contributed by atoms with Crippen LogP contribution in [-0.2, 0) is 22.3 Å². The second-order valence-corrected chi connectivity index (χ2v) is 6.72. The molecule has 0 aromatic heterocycles. The third-order valence-electron chi connectivity index (χ3n) is 2.97. The first-order chi connectivity index (χ1) is 10.9. The third-order valence-corrected chi connectivity index (χ3v) is 4.27. The maximum Gasteiger partial charge on any atom is 0.272 e. The minimum absolute atomic E-state index is 0.0705. The number of hydrogen-bond acceptors (Lipinski definition) is 3. The second kappa shape index (κ2) is 8.03. The molecule has 0 atom stereocenters. The quantitative estimate of drug-likeness (QED) is 0.803. The summed E-state index contributed by atoms with van der Waals surface area (Å²) in [5.41, 5.74) is 1.32. The Labute approximate surface area is 134 Å². The fourth-order valence-corrected chi connectivity index (χ4v) is 3.06. The summed E-state index contributed by atoms with van der Waals surface area (Å²) >= 11 is 0. The van der Waals surface area contributed by atoms with E-state index >= 15 is 0 Å². The van der Waals surface area contributed by atoms with Gasteiger partial charge in [0.1, 0.15) is 12.4 Å². The molecule has 23 heavy (non-hydrogen) atoms. The number of ether oxygens (including phenoxy) is 1. The van der Waals surface area contributed by atoms with Crippen molar-refractivity contribution in [3.63, 3.8) is 0 Å². The fraction of sp³-hybridized carbons (Fsp3) is 0.250.